The summed E-state index contributed by atoms with van der Waals surface area (Å²) < 4.78 is 0. The number of carbonyl (C=O) groups excluding carboxylic acids is 1. The van der Waals surface area contributed by atoms with Crippen molar-refractivity contribution in [3.8, 4) is 0 Å². The van der Waals surface area contributed by atoms with Gasteiger partial charge in [-0.15, -0.1) is 11.3 Å². The van der Waals surface area contributed by atoms with Gasteiger partial charge < -0.3 is 10.2 Å². The minimum absolute atomic E-state index is 0.283. The molecule has 1 aliphatic heterocycles. The summed E-state index contributed by atoms with van der Waals surface area (Å²) in [6.45, 7) is 2.87. The first-order valence-electron chi connectivity index (χ1n) is 7.82. The summed E-state index contributed by atoms with van der Waals surface area (Å²) in [6, 6.07) is 0. The molecule has 1 saturated heterocycles. The lowest BCUT2D eigenvalue weighted by Crippen LogP contribution is -2.42. The van der Waals surface area contributed by atoms with Gasteiger partial charge in [-0.25, -0.2) is 0 Å². The third kappa shape index (κ3) is 2.77. The van der Waals surface area contributed by atoms with Crippen molar-refractivity contribution in [2.75, 3.05) is 26.7 Å². The van der Waals surface area contributed by atoms with Crippen LogP contribution in [0.5, 0.6) is 0 Å². The van der Waals surface area contributed by atoms with Crippen molar-refractivity contribution < 1.29 is 4.79 Å². The highest BCUT2D eigenvalue weighted by Gasteiger charge is 2.27. The number of likely N-dealkylation sites (tertiary alicyclic amines) is 1. The van der Waals surface area contributed by atoms with Crippen LogP contribution in [0.3, 0.4) is 0 Å². The van der Waals surface area contributed by atoms with Gasteiger partial charge in [-0.1, -0.05) is 0 Å². The van der Waals surface area contributed by atoms with Crippen molar-refractivity contribution in [1.82, 2.24) is 10.2 Å². The molecule has 1 aromatic rings. The SMILES string of the molecule is CNCC1CCCN(C(=O)c2csc3c2CCCC3)C1. The van der Waals surface area contributed by atoms with Crippen molar-refractivity contribution in [3.05, 3.63) is 21.4 Å². The summed E-state index contributed by atoms with van der Waals surface area (Å²) in [5.74, 6) is 0.900. The van der Waals surface area contributed by atoms with Gasteiger partial charge in [0.2, 0.25) is 0 Å². The van der Waals surface area contributed by atoms with Crippen molar-refractivity contribution in [3.63, 3.8) is 0 Å². The quantitative estimate of drug-likeness (QED) is 0.929. The molecule has 1 aliphatic carbocycles. The minimum Gasteiger partial charge on any atom is -0.338 e. The second-order valence-corrected chi connectivity index (χ2v) is 7.04. The van der Waals surface area contributed by atoms with Gasteiger partial charge in [-0.3, -0.25) is 4.79 Å². The van der Waals surface area contributed by atoms with Crippen molar-refractivity contribution >= 4 is 17.2 Å². The number of rotatable bonds is 3. The molecule has 3 rings (SSSR count). The van der Waals surface area contributed by atoms with E-state index in [0.29, 0.717) is 5.92 Å². The molecule has 1 N–H and O–H groups in total. The molecule has 4 heteroatoms. The first kappa shape index (κ1) is 14.1. The van der Waals surface area contributed by atoms with Gasteiger partial charge in [-0.05, 0) is 63.6 Å². The number of carbonyl (C=O) groups is 1. The van der Waals surface area contributed by atoms with Crippen LogP contribution in [0.2, 0.25) is 0 Å². The molecule has 2 aliphatic rings. The Bertz CT molecular complexity index is 481. The highest BCUT2D eigenvalue weighted by Crippen LogP contribution is 2.31. The number of piperidine rings is 1. The average molecular weight is 292 g/mol. The maximum atomic E-state index is 12.8. The van der Waals surface area contributed by atoms with E-state index in [1.807, 2.05) is 7.05 Å². The lowest BCUT2D eigenvalue weighted by molar-refractivity contribution is 0.0673. The molecule has 1 fully saturated rings. The molecule has 1 aromatic heterocycles. The molecule has 0 spiro atoms. The first-order valence-corrected chi connectivity index (χ1v) is 8.70. The summed E-state index contributed by atoms with van der Waals surface area (Å²) in [7, 11) is 2.00. The fourth-order valence-electron chi connectivity index (χ4n) is 3.55. The van der Waals surface area contributed by atoms with Crippen LogP contribution < -0.4 is 5.32 Å². The van der Waals surface area contributed by atoms with E-state index in [-0.39, 0.29) is 5.91 Å². The minimum atomic E-state index is 0.283. The van der Waals surface area contributed by atoms with Crippen LogP contribution in [-0.2, 0) is 12.8 Å². The normalized spacial score (nSPS) is 22.6. The van der Waals surface area contributed by atoms with Crippen LogP contribution in [-0.4, -0.2) is 37.5 Å². The van der Waals surface area contributed by atoms with Crippen molar-refractivity contribution in [1.29, 1.82) is 0 Å². The summed E-state index contributed by atoms with van der Waals surface area (Å²) in [4.78, 5) is 16.3. The smallest absolute Gasteiger partial charge is 0.254 e. The highest BCUT2D eigenvalue weighted by molar-refractivity contribution is 7.10. The van der Waals surface area contributed by atoms with Crippen LogP contribution in [0.15, 0.2) is 5.38 Å². The lowest BCUT2D eigenvalue weighted by atomic mass is 9.94. The molecule has 0 aromatic carbocycles. The van der Waals surface area contributed by atoms with Crippen LogP contribution in [0.1, 0.15) is 46.5 Å². The van der Waals surface area contributed by atoms with E-state index in [9.17, 15) is 4.79 Å². The standard InChI is InChI=1S/C16H24N2OS/c1-17-9-12-5-4-8-18(10-12)16(19)14-11-20-15-7-3-2-6-13(14)15/h11-12,17H,2-10H2,1H3. The van der Waals surface area contributed by atoms with Gasteiger partial charge in [0.1, 0.15) is 0 Å². The van der Waals surface area contributed by atoms with Gasteiger partial charge in [0.25, 0.3) is 5.91 Å². The molecule has 110 valence electrons. The largest absolute Gasteiger partial charge is 0.338 e. The molecule has 1 amide bonds. The number of fused-ring (bicyclic) bond motifs is 1. The van der Waals surface area contributed by atoms with Crippen molar-refractivity contribution in [2.45, 2.75) is 38.5 Å². The number of aryl methyl sites for hydroxylation is 1. The van der Waals surface area contributed by atoms with E-state index in [0.717, 1.165) is 38.0 Å². The van der Waals surface area contributed by atoms with E-state index in [4.69, 9.17) is 0 Å². The zero-order chi connectivity index (χ0) is 13.9. The fourth-order valence-corrected chi connectivity index (χ4v) is 4.67. The topological polar surface area (TPSA) is 32.3 Å². The second kappa shape index (κ2) is 6.27. The molecule has 0 radical (unpaired) electrons. The number of hydrogen-bond donors (Lipinski definition) is 1. The highest BCUT2D eigenvalue weighted by atomic mass is 32.1. The Morgan fingerprint density at radius 1 is 1.40 bits per heavy atom. The van der Waals surface area contributed by atoms with Gasteiger partial charge in [0, 0.05) is 23.3 Å². The van der Waals surface area contributed by atoms with Crippen LogP contribution in [0.25, 0.3) is 0 Å². The Balaban J connectivity index is 1.73. The second-order valence-electron chi connectivity index (χ2n) is 6.08. The number of hydrogen-bond acceptors (Lipinski definition) is 3. The number of nitrogens with zero attached hydrogens (tertiary/aromatic N) is 1. The van der Waals surface area contributed by atoms with Gasteiger partial charge in [0.05, 0.1) is 5.56 Å². The zero-order valence-electron chi connectivity index (χ0n) is 12.3. The van der Waals surface area contributed by atoms with E-state index < -0.39 is 0 Å². The Morgan fingerprint density at radius 2 is 2.25 bits per heavy atom. The Hall–Kier alpha value is -0.870. The lowest BCUT2D eigenvalue weighted by Gasteiger charge is -2.33. The molecule has 20 heavy (non-hydrogen) atoms. The molecular formula is C16H24N2OS. The zero-order valence-corrected chi connectivity index (χ0v) is 13.1. The Kier molecular flexibility index (Phi) is 4.41. The maximum absolute atomic E-state index is 12.8. The average Bonchev–Trinajstić information content (AvgIpc) is 2.91. The maximum Gasteiger partial charge on any atom is 0.254 e. The molecule has 2 heterocycles. The van der Waals surface area contributed by atoms with E-state index >= 15 is 0 Å². The predicted octanol–water partition coefficient (Wildman–Crippen LogP) is 2.70. The van der Waals surface area contributed by atoms with Crippen LogP contribution in [0.4, 0.5) is 0 Å². The van der Waals surface area contributed by atoms with Gasteiger partial charge in [-0.2, -0.15) is 0 Å². The summed E-state index contributed by atoms with van der Waals surface area (Å²) >= 11 is 1.80. The molecule has 3 nitrogen and oxygen atoms in total. The first-order chi connectivity index (χ1) is 9.79. The van der Waals surface area contributed by atoms with E-state index in [1.165, 1.54) is 36.1 Å². The number of thiophene rings is 1. The Labute approximate surface area is 125 Å². The molecular weight excluding hydrogens is 268 g/mol. The molecule has 0 saturated carbocycles. The van der Waals surface area contributed by atoms with Crippen LogP contribution in [0, 0.1) is 5.92 Å². The molecule has 1 atom stereocenters. The van der Waals surface area contributed by atoms with Gasteiger partial charge in [0.15, 0.2) is 0 Å². The fraction of sp³-hybridized carbons (Fsp3) is 0.688. The summed E-state index contributed by atoms with van der Waals surface area (Å²) in [6.07, 6.45) is 7.20. The molecule has 0 bridgehead atoms. The Morgan fingerprint density at radius 3 is 3.10 bits per heavy atom. The number of amides is 1. The molecule has 1 unspecified atom stereocenters. The third-order valence-corrected chi connectivity index (χ3v) is 5.68. The third-order valence-electron chi connectivity index (χ3n) is 4.59. The summed E-state index contributed by atoms with van der Waals surface area (Å²) in [5.41, 5.74) is 2.37. The predicted molar refractivity (Wildman–Crippen MR) is 83.5 cm³/mol. The summed E-state index contributed by atoms with van der Waals surface area (Å²) in [5, 5.41) is 5.36. The number of nitrogens with one attached hydrogen (secondary N) is 1. The van der Waals surface area contributed by atoms with E-state index in [2.05, 4.69) is 15.6 Å². The van der Waals surface area contributed by atoms with E-state index in [1.54, 1.807) is 11.3 Å². The monoisotopic (exact) mass is 292 g/mol. The van der Waals surface area contributed by atoms with Crippen molar-refractivity contribution in [2.24, 2.45) is 5.92 Å². The van der Waals surface area contributed by atoms with Crippen LogP contribution >= 0.6 is 11.3 Å². The van der Waals surface area contributed by atoms with Gasteiger partial charge >= 0.3 is 0 Å².